The molecule has 0 bridgehead atoms. The topological polar surface area (TPSA) is 104 Å². The second kappa shape index (κ2) is 11.0. The molecule has 0 unspecified atom stereocenters. The van der Waals surface area contributed by atoms with E-state index in [1.807, 2.05) is 0 Å². The van der Waals surface area contributed by atoms with Crippen LogP contribution in [0.5, 0.6) is 0 Å². The molecule has 1 aromatic rings. The van der Waals surface area contributed by atoms with Crippen LogP contribution in [0.3, 0.4) is 0 Å². The standard InChI is InChI=1S/C21H30N4O4/c26-15-19-18(24-21(28)16-5-4-8-22-14-16)7-6-17(29-19)13-20(27)23-9-12-25-10-2-1-3-11-25/h4-8,14,17-19,26H,1-3,9-13,15H2,(H,23,27)(H,24,28)/t17-,18+,19-/m0/s1. The summed E-state index contributed by atoms with van der Waals surface area (Å²) in [5.74, 6) is -0.366. The molecule has 0 saturated carbocycles. The van der Waals surface area contributed by atoms with E-state index >= 15 is 0 Å². The first kappa shape index (κ1) is 21.4. The molecule has 3 heterocycles. The van der Waals surface area contributed by atoms with Crippen molar-refractivity contribution >= 4 is 11.8 Å². The highest BCUT2D eigenvalue weighted by Gasteiger charge is 2.29. The third-order valence-corrected chi connectivity index (χ3v) is 5.27. The number of nitrogens with zero attached hydrogens (tertiary/aromatic N) is 2. The first-order chi connectivity index (χ1) is 14.2. The van der Waals surface area contributed by atoms with Crippen molar-refractivity contribution in [1.29, 1.82) is 0 Å². The smallest absolute Gasteiger partial charge is 0.253 e. The summed E-state index contributed by atoms with van der Waals surface area (Å²) < 4.78 is 5.81. The van der Waals surface area contributed by atoms with Gasteiger partial charge in [-0.05, 0) is 38.1 Å². The molecule has 0 aromatic carbocycles. The third kappa shape index (κ3) is 6.62. The fourth-order valence-electron chi connectivity index (χ4n) is 3.66. The monoisotopic (exact) mass is 402 g/mol. The van der Waals surface area contributed by atoms with Crippen LogP contribution in [-0.4, -0.2) is 77.8 Å². The number of rotatable bonds is 8. The third-order valence-electron chi connectivity index (χ3n) is 5.27. The van der Waals surface area contributed by atoms with Gasteiger partial charge in [-0.2, -0.15) is 0 Å². The zero-order chi connectivity index (χ0) is 20.5. The highest BCUT2D eigenvalue weighted by molar-refractivity contribution is 5.94. The number of pyridine rings is 1. The van der Waals surface area contributed by atoms with Crippen LogP contribution in [0.2, 0.25) is 0 Å². The zero-order valence-electron chi connectivity index (χ0n) is 16.6. The van der Waals surface area contributed by atoms with Crippen LogP contribution < -0.4 is 10.6 Å². The number of amides is 2. The average molecular weight is 402 g/mol. The van der Waals surface area contributed by atoms with E-state index in [1.54, 1.807) is 30.5 Å². The normalized spacial score (nSPS) is 24.8. The van der Waals surface area contributed by atoms with Gasteiger partial charge in [-0.25, -0.2) is 0 Å². The molecule has 8 heteroatoms. The summed E-state index contributed by atoms with van der Waals surface area (Å²) in [6, 6.07) is 2.89. The summed E-state index contributed by atoms with van der Waals surface area (Å²) in [5, 5.41) is 15.4. The van der Waals surface area contributed by atoms with E-state index in [2.05, 4.69) is 20.5 Å². The first-order valence-corrected chi connectivity index (χ1v) is 10.3. The summed E-state index contributed by atoms with van der Waals surface area (Å²) in [5.41, 5.74) is 0.438. The van der Waals surface area contributed by atoms with Crippen molar-refractivity contribution in [1.82, 2.24) is 20.5 Å². The van der Waals surface area contributed by atoms with E-state index in [-0.39, 0.29) is 24.8 Å². The molecule has 3 atom stereocenters. The Kier molecular flexibility index (Phi) is 8.15. The van der Waals surface area contributed by atoms with Gasteiger partial charge in [0.05, 0.1) is 30.7 Å². The Balaban J connectivity index is 1.43. The summed E-state index contributed by atoms with van der Waals surface area (Å²) in [6.07, 6.45) is 9.55. The SMILES string of the molecule is O=C(C[C@@H]1C=C[C@@H](NC(=O)c2cccnc2)[C@H](CO)O1)NCCN1CCCCC1. The number of piperidine rings is 1. The van der Waals surface area contributed by atoms with Crippen molar-refractivity contribution in [2.45, 2.75) is 43.9 Å². The lowest BCUT2D eigenvalue weighted by atomic mass is 10.0. The molecule has 1 fully saturated rings. The first-order valence-electron chi connectivity index (χ1n) is 10.3. The fourth-order valence-corrected chi connectivity index (χ4v) is 3.66. The Morgan fingerprint density at radius 2 is 2.07 bits per heavy atom. The van der Waals surface area contributed by atoms with Gasteiger partial charge in [0.15, 0.2) is 0 Å². The van der Waals surface area contributed by atoms with Crippen molar-refractivity contribution in [3.8, 4) is 0 Å². The number of nitrogens with one attached hydrogen (secondary N) is 2. The average Bonchev–Trinajstić information content (AvgIpc) is 2.76. The van der Waals surface area contributed by atoms with Gasteiger partial charge in [-0.15, -0.1) is 0 Å². The van der Waals surface area contributed by atoms with Gasteiger partial charge < -0.3 is 25.4 Å². The number of ether oxygens (including phenoxy) is 1. The lowest BCUT2D eigenvalue weighted by Crippen LogP contribution is -2.49. The van der Waals surface area contributed by atoms with E-state index in [1.165, 1.54) is 25.5 Å². The van der Waals surface area contributed by atoms with Crippen molar-refractivity contribution in [2.75, 3.05) is 32.8 Å². The highest BCUT2D eigenvalue weighted by atomic mass is 16.5. The minimum Gasteiger partial charge on any atom is -0.394 e. The van der Waals surface area contributed by atoms with E-state index in [0.29, 0.717) is 12.1 Å². The zero-order valence-corrected chi connectivity index (χ0v) is 16.6. The quantitative estimate of drug-likeness (QED) is 0.547. The summed E-state index contributed by atoms with van der Waals surface area (Å²) >= 11 is 0. The van der Waals surface area contributed by atoms with E-state index in [4.69, 9.17) is 4.74 Å². The Hall–Kier alpha value is -2.29. The second-order valence-corrected chi connectivity index (χ2v) is 7.48. The van der Waals surface area contributed by atoms with Crippen LogP contribution in [0.15, 0.2) is 36.7 Å². The lowest BCUT2D eigenvalue weighted by Gasteiger charge is -2.31. The number of aliphatic hydroxyl groups excluding tert-OH is 1. The fraction of sp³-hybridized carbons (Fsp3) is 0.571. The Morgan fingerprint density at radius 1 is 1.24 bits per heavy atom. The number of carbonyl (C=O) groups excluding carboxylic acids is 2. The molecule has 0 spiro atoms. The van der Waals surface area contributed by atoms with Gasteiger partial charge in [0, 0.05) is 25.5 Å². The maximum atomic E-state index is 12.3. The van der Waals surface area contributed by atoms with Gasteiger partial charge in [0.2, 0.25) is 5.91 Å². The van der Waals surface area contributed by atoms with Crippen LogP contribution >= 0.6 is 0 Å². The van der Waals surface area contributed by atoms with Crippen LogP contribution in [0.25, 0.3) is 0 Å². The van der Waals surface area contributed by atoms with Gasteiger partial charge >= 0.3 is 0 Å². The van der Waals surface area contributed by atoms with Crippen LogP contribution in [0.4, 0.5) is 0 Å². The lowest BCUT2D eigenvalue weighted by molar-refractivity contribution is -0.125. The second-order valence-electron chi connectivity index (χ2n) is 7.48. The summed E-state index contributed by atoms with van der Waals surface area (Å²) in [6.45, 7) is 3.45. The number of aliphatic hydroxyl groups is 1. The van der Waals surface area contributed by atoms with Gasteiger partial charge in [-0.3, -0.25) is 14.6 Å². The van der Waals surface area contributed by atoms with Crippen LogP contribution in [0, 0.1) is 0 Å². The number of carbonyl (C=O) groups is 2. The maximum Gasteiger partial charge on any atom is 0.253 e. The number of hydrogen-bond acceptors (Lipinski definition) is 6. The van der Waals surface area contributed by atoms with Crippen molar-refractivity contribution < 1.29 is 19.4 Å². The molecule has 3 N–H and O–H groups in total. The Morgan fingerprint density at radius 3 is 2.79 bits per heavy atom. The predicted octanol–water partition coefficient (Wildman–Crippen LogP) is 0.488. The van der Waals surface area contributed by atoms with Crippen molar-refractivity contribution in [3.63, 3.8) is 0 Å². The molecule has 0 aliphatic carbocycles. The minimum atomic E-state index is -0.605. The van der Waals surface area contributed by atoms with E-state index in [0.717, 1.165) is 19.6 Å². The van der Waals surface area contributed by atoms with Crippen molar-refractivity contribution in [3.05, 3.63) is 42.2 Å². The molecule has 2 amide bonds. The van der Waals surface area contributed by atoms with Crippen LogP contribution in [0.1, 0.15) is 36.0 Å². The Bertz CT molecular complexity index is 691. The molecule has 2 aliphatic rings. The molecule has 0 radical (unpaired) electrons. The minimum absolute atomic E-state index is 0.0776. The molecule has 29 heavy (non-hydrogen) atoms. The highest BCUT2D eigenvalue weighted by Crippen LogP contribution is 2.16. The maximum absolute atomic E-state index is 12.3. The molecule has 158 valence electrons. The molecular formula is C21H30N4O4. The summed E-state index contributed by atoms with van der Waals surface area (Å²) in [7, 11) is 0. The summed E-state index contributed by atoms with van der Waals surface area (Å²) in [4.78, 5) is 30.8. The van der Waals surface area contributed by atoms with Crippen LogP contribution in [-0.2, 0) is 9.53 Å². The van der Waals surface area contributed by atoms with Crippen molar-refractivity contribution in [2.24, 2.45) is 0 Å². The van der Waals surface area contributed by atoms with E-state index in [9.17, 15) is 14.7 Å². The molecule has 1 aromatic heterocycles. The molecular weight excluding hydrogens is 372 g/mol. The molecule has 3 rings (SSSR count). The number of hydrogen-bond donors (Lipinski definition) is 3. The van der Waals surface area contributed by atoms with E-state index < -0.39 is 18.2 Å². The Labute approximate surface area is 171 Å². The number of aromatic nitrogens is 1. The van der Waals surface area contributed by atoms with Gasteiger partial charge in [0.25, 0.3) is 5.91 Å². The molecule has 1 saturated heterocycles. The molecule has 8 nitrogen and oxygen atoms in total. The largest absolute Gasteiger partial charge is 0.394 e. The predicted molar refractivity (Wildman–Crippen MR) is 108 cm³/mol. The molecule has 2 aliphatic heterocycles. The van der Waals surface area contributed by atoms with Gasteiger partial charge in [-0.1, -0.05) is 18.6 Å². The van der Waals surface area contributed by atoms with Gasteiger partial charge in [0.1, 0.15) is 6.10 Å². The number of likely N-dealkylation sites (tertiary alicyclic amines) is 1.